The van der Waals surface area contributed by atoms with E-state index < -0.39 is 28.5 Å². The molecule has 0 heterocycles. The van der Waals surface area contributed by atoms with E-state index in [4.69, 9.17) is 23.2 Å². The first-order chi connectivity index (χ1) is 18.5. The molecule has 208 valence electrons. The molecule has 3 aromatic carbocycles. The van der Waals surface area contributed by atoms with E-state index in [9.17, 15) is 18.0 Å². The summed E-state index contributed by atoms with van der Waals surface area (Å²) >= 11 is 12.8. The molecule has 2 amide bonds. The van der Waals surface area contributed by atoms with E-state index in [-0.39, 0.29) is 35.6 Å². The highest BCUT2D eigenvalue weighted by Crippen LogP contribution is 2.28. The summed E-state index contributed by atoms with van der Waals surface area (Å²) in [7, 11) is -3.90. The lowest BCUT2D eigenvalue weighted by atomic mass is 10.0. The average molecular weight is 591 g/mol. The van der Waals surface area contributed by atoms with E-state index in [0.29, 0.717) is 17.0 Å². The number of benzene rings is 3. The highest BCUT2D eigenvalue weighted by molar-refractivity contribution is 7.92. The molecule has 39 heavy (non-hydrogen) atoms. The number of para-hydroxylation sites is 1. The summed E-state index contributed by atoms with van der Waals surface area (Å²) in [6.45, 7) is 3.30. The third-order valence-electron chi connectivity index (χ3n) is 6.37. The van der Waals surface area contributed by atoms with Gasteiger partial charge in [0.05, 0.1) is 17.0 Å². The van der Waals surface area contributed by atoms with Crippen LogP contribution in [-0.4, -0.2) is 50.0 Å². The SMILES string of the molecule is CC[C@@H](C)NC(=O)[C@@H](Cc1ccccc1)N(Cc1ccccc1Cl)C(=O)CN(c1ccccc1Cl)S(C)(=O)=O. The Bertz CT molecular complexity index is 1390. The molecule has 2 atom stereocenters. The highest BCUT2D eigenvalue weighted by atomic mass is 35.5. The van der Waals surface area contributed by atoms with Gasteiger partial charge in [0.2, 0.25) is 21.8 Å². The lowest BCUT2D eigenvalue weighted by Gasteiger charge is -2.34. The van der Waals surface area contributed by atoms with Crippen molar-refractivity contribution in [3.63, 3.8) is 0 Å². The average Bonchev–Trinajstić information content (AvgIpc) is 2.90. The predicted octanol–water partition coefficient (Wildman–Crippen LogP) is 5.31. The minimum Gasteiger partial charge on any atom is -0.352 e. The molecule has 10 heteroatoms. The molecule has 3 rings (SSSR count). The van der Waals surface area contributed by atoms with E-state index in [1.165, 1.54) is 11.0 Å². The maximum atomic E-state index is 14.0. The van der Waals surface area contributed by atoms with Gasteiger partial charge in [0.15, 0.2) is 0 Å². The van der Waals surface area contributed by atoms with Crippen LogP contribution in [0.5, 0.6) is 0 Å². The van der Waals surface area contributed by atoms with Crippen molar-refractivity contribution < 1.29 is 18.0 Å². The van der Waals surface area contributed by atoms with E-state index in [2.05, 4.69) is 5.32 Å². The van der Waals surface area contributed by atoms with E-state index in [1.807, 2.05) is 44.2 Å². The Morgan fingerprint density at radius 2 is 1.49 bits per heavy atom. The number of carbonyl (C=O) groups excluding carboxylic acids is 2. The number of halogens is 2. The maximum absolute atomic E-state index is 14.0. The molecule has 7 nitrogen and oxygen atoms in total. The normalized spacial score (nSPS) is 12.8. The summed E-state index contributed by atoms with van der Waals surface area (Å²) in [5.41, 5.74) is 1.66. The quantitative estimate of drug-likeness (QED) is 0.310. The third kappa shape index (κ3) is 8.46. The minimum atomic E-state index is -3.90. The highest BCUT2D eigenvalue weighted by Gasteiger charge is 2.34. The molecular weight excluding hydrogens is 557 g/mol. The lowest BCUT2D eigenvalue weighted by Crippen LogP contribution is -2.54. The van der Waals surface area contributed by atoms with Gasteiger partial charge in [0, 0.05) is 24.0 Å². The summed E-state index contributed by atoms with van der Waals surface area (Å²) in [6, 6.07) is 21.8. The van der Waals surface area contributed by atoms with Crippen LogP contribution in [0.1, 0.15) is 31.4 Å². The lowest BCUT2D eigenvalue weighted by molar-refractivity contribution is -0.140. The smallest absolute Gasteiger partial charge is 0.244 e. The summed E-state index contributed by atoms with van der Waals surface area (Å²) in [5.74, 6) is -0.905. The summed E-state index contributed by atoms with van der Waals surface area (Å²) < 4.78 is 26.6. The zero-order chi connectivity index (χ0) is 28.6. The number of hydrogen-bond acceptors (Lipinski definition) is 4. The fourth-order valence-electron chi connectivity index (χ4n) is 4.05. The molecule has 0 unspecified atom stereocenters. The standard InChI is InChI=1S/C29H33Cl2N3O4S/c1-4-21(2)32-29(36)27(18-22-12-6-5-7-13-22)33(19-23-14-8-9-15-24(23)30)28(35)20-34(39(3,37)38)26-17-11-10-16-25(26)31/h5-17,21,27H,4,18-20H2,1-3H3,(H,32,36)/t21-,27-/m1/s1. The number of rotatable bonds is 12. The van der Waals surface area contributed by atoms with Crippen LogP contribution in [0, 0.1) is 0 Å². The van der Waals surface area contributed by atoms with Crippen LogP contribution in [0.3, 0.4) is 0 Å². The van der Waals surface area contributed by atoms with Gasteiger partial charge in [-0.25, -0.2) is 8.42 Å². The van der Waals surface area contributed by atoms with Gasteiger partial charge >= 0.3 is 0 Å². The van der Waals surface area contributed by atoms with Gasteiger partial charge in [-0.3, -0.25) is 13.9 Å². The van der Waals surface area contributed by atoms with Crippen molar-refractivity contribution in [3.8, 4) is 0 Å². The first-order valence-corrected chi connectivity index (χ1v) is 15.2. The van der Waals surface area contributed by atoms with E-state index in [1.54, 1.807) is 42.5 Å². The fourth-order valence-corrected chi connectivity index (χ4v) is 5.40. The zero-order valence-corrected chi connectivity index (χ0v) is 24.5. The molecule has 1 N–H and O–H groups in total. The minimum absolute atomic E-state index is 0.00402. The van der Waals surface area contributed by atoms with Crippen molar-refractivity contribution >= 4 is 50.7 Å². The molecule has 0 aromatic heterocycles. The zero-order valence-electron chi connectivity index (χ0n) is 22.2. The van der Waals surface area contributed by atoms with Gasteiger partial charge in [0.25, 0.3) is 0 Å². The second-order valence-electron chi connectivity index (χ2n) is 9.36. The molecule has 0 aliphatic heterocycles. The molecule has 3 aromatic rings. The fraction of sp³-hybridized carbons (Fsp3) is 0.310. The summed E-state index contributed by atoms with van der Waals surface area (Å²) in [4.78, 5) is 29.1. The van der Waals surface area contributed by atoms with Crippen LogP contribution in [0.4, 0.5) is 5.69 Å². The molecule has 0 saturated heterocycles. The Balaban J connectivity index is 2.08. The van der Waals surface area contributed by atoms with Crippen molar-refractivity contribution in [2.45, 2.75) is 45.3 Å². The number of anilines is 1. The second kappa shape index (κ2) is 13.8. The van der Waals surface area contributed by atoms with Crippen LogP contribution < -0.4 is 9.62 Å². The molecule has 0 spiro atoms. The predicted molar refractivity (Wildman–Crippen MR) is 157 cm³/mol. The Morgan fingerprint density at radius 3 is 2.08 bits per heavy atom. The van der Waals surface area contributed by atoms with Gasteiger partial charge in [-0.2, -0.15) is 0 Å². The Morgan fingerprint density at radius 1 is 0.897 bits per heavy atom. The number of sulfonamides is 1. The van der Waals surface area contributed by atoms with Crippen molar-refractivity contribution in [1.29, 1.82) is 0 Å². The van der Waals surface area contributed by atoms with Gasteiger partial charge in [0.1, 0.15) is 12.6 Å². The molecule has 0 aliphatic carbocycles. The molecule has 0 radical (unpaired) electrons. The first-order valence-electron chi connectivity index (χ1n) is 12.6. The van der Waals surface area contributed by atoms with Gasteiger partial charge in [-0.05, 0) is 42.7 Å². The molecule has 0 aliphatic rings. The van der Waals surface area contributed by atoms with Crippen LogP contribution >= 0.6 is 23.2 Å². The van der Waals surface area contributed by atoms with Gasteiger partial charge < -0.3 is 10.2 Å². The number of nitrogens with zero attached hydrogens (tertiary/aromatic N) is 2. The summed E-state index contributed by atoms with van der Waals surface area (Å²) in [6.07, 6.45) is 1.94. The first kappa shape index (κ1) is 30.5. The van der Waals surface area contributed by atoms with Crippen LogP contribution in [0.2, 0.25) is 10.0 Å². The van der Waals surface area contributed by atoms with Gasteiger partial charge in [-0.1, -0.05) is 90.8 Å². The van der Waals surface area contributed by atoms with Crippen LogP contribution in [-0.2, 0) is 32.6 Å². The van der Waals surface area contributed by atoms with Crippen LogP contribution in [0.25, 0.3) is 0 Å². The second-order valence-corrected chi connectivity index (χ2v) is 12.1. The third-order valence-corrected chi connectivity index (χ3v) is 8.19. The van der Waals surface area contributed by atoms with Crippen molar-refractivity contribution in [3.05, 3.63) is 100 Å². The van der Waals surface area contributed by atoms with Crippen molar-refractivity contribution in [2.24, 2.45) is 0 Å². The number of nitrogens with one attached hydrogen (secondary N) is 1. The summed E-state index contributed by atoms with van der Waals surface area (Å²) in [5, 5.41) is 3.61. The Kier molecular flexibility index (Phi) is 10.8. The van der Waals surface area contributed by atoms with Crippen molar-refractivity contribution in [2.75, 3.05) is 17.1 Å². The monoisotopic (exact) mass is 589 g/mol. The number of hydrogen-bond donors (Lipinski definition) is 1. The number of amides is 2. The molecule has 0 fully saturated rings. The van der Waals surface area contributed by atoms with E-state index in [0.717, 1.165) is 16.1 Å². The molecule has 0 saturated carbocycles. The largest absolute Gasteiger partial charge is 0.352 e. The number of carbonyl (C=O) groups is 2. The van der Waals surface area contributed by atoms with Crippen LogP contribution in [0.15, 0.2) is 78.9 Å². The molecule has 0 bridgehead atoms. The molecular formula is C29H33Cl2N3O4S. The Labute approximate surface area is 240 Å². The Hall–Kier alpha value is -3.07. The van der Waals surface area contributed by atoms with E-state index >= 15 is 0 Å². The van der Waals surface area contributed by atoms with Gasteiger partial charge in [-0.15, -0.1) is 0 Å². The van der Waals surface area contributed by atoms with Crippen molar-refractivity contribution in [1.82, 2.24) is 10.2 Å². The topological polar surface area (TPSA) is 86.8 Å². The maximum Gasteiger partial charge on any atom is 0.244 e.